The molecule has 0 aliphatic rings. The van der Waals surface area contributed by atoms with Crippen LogP contribution in [0.5, 0.6) is 0 Å². The van der Waals surface area contributed by atoms with E-state index in [9.17, 15) is 0 Å². The van der Waals surface area contributed by atoms with E-state index >= 15 is 0 Å². The lowest BCUT2D eigenvalue weighted by molar-refractivity contribution is 0.470. The van der Waals surface area contributed by atoms with Crippen molar-refractivity contribution >= 4 is 0 Å². The summed E-state index contributed by atoms with van der Waals surface area (Å²) in [6.07, 6.45) is 7.95. The molecule has 0 radical (unpaired) electrons. The largest absolute Gasteiger partial charge is 0.335 e. The number of nitrogens with one attached hydrogen (secondary N) is 1. The summed E-state index contributed by atoms with van der Waals surface area (Å²) in [5.41, 5.74) is 5.60. The molecule has 0 spiro atoms. The summed E-state index contributed by atoms with van der Waals surface area (Å²) in [5, 5.41) is 0. The van der Waals surface area contributed by atoms with Gasteiger partial charge in [-0.1, -0.05) is 36.8 Å². The van der Waals surface area contributed by atoms with Gasteiger partial charge in [0.15, 0.2) is 0 Å². The van der Waals surface area contributed by atoms with Crippen LogP contribution < -0.4 is 11.3 Å². The van der Waals surface area contributed by atoms with Crippen molar-refractivity contribution in [1.82, 2.24) is 15.0 Å². The quantitative estimate of drug-likeness (QED) is 0.579. The molecule has 3 N–H and O–H groups in total. The second-order valence-electron chi connectivity index (χ2n) is 5.63. The second-order valence-corrected chi connectivity index (χ2v) is 5.63. The Morgan fingerprint density at radius 2 is 2.05 bits per heavy atom. The molecule has 1 aromatic heterocycles. The fourth-order valence-electron chi connectivity index (χ4n) is 2.53. The van der Waals surface area contributed by atoms with Crippen LogP contribution in [-0.2, 0) is 19.4 Å². The Labute approximate surface area is 127 Å². The van der Waals surface area contributed by atoms with E-state index < -0.39 is 0 Å². The summed E-state index contributed by atoms with van der Waals surface area (Å²) in [7, 11) is 0. The van der Waals surface area contributed by atoms with Crippen LogP contribution in [0.1, 0.15) is 36.7 Å². The van der Waals surface area contributed by atoms with Gasteiger partial charge in [-0.3, -0.25) is 11.3 Å². The molecule has 0 saturated carbocycles. The fourth-order valence-corrected chi connectivity index (χ4v) is 2.53. The Morgan fingerprint density at radius 3 is 2.71 bits per heavy atom. The molecule has 1 heterocycles. The Morgan fingerprint density at radius 1 is 1.29 bits per heavy atom. The summed E-state index contributed by atoms with van der Waals surface area (Å²) in [6.45, 7) is 5.31. The maximum atomic E-state index is 5.71. The van der Waals surface area contributed by atoms with Gasteiger partial charge in [0.25, 0.3) is 0 Å². The van der Waals surface area contributed by atoms with Crippen molar-refractivity contribution in [3.63, 3.8) is 0 Å². The second kappa shape index (κ2) is 7.96. The zero-order valence-electron chi connectivity index (χ0n) is 13.0. The normalized spacial score (nSPS) is 12.5. The van der Waals surface area contributed by atoms with Crippen molar-refractivity contribution in [2.75, 3.05) is 0 Å². The number of hydrogen-bond donors (Lipinski definition) is 2. The van der Waals surface area contributed by atoms with Gasteiger partial charge in [-0.05, 0) is 31.7 Å². The van der Waals surface area contributed by atoms with Crippen molar-refractivity contribution in [3.05, 3.63) is 53.6 Å². The van der Waals surface area contributed by atoms with Crippen molar-refractivity contribution in [2.24, 2.45) is 5.84 Å². The average Bonchev–Trinajstić information content (AvgIpc) is 2.92. The first-order valence-corrected chi connectivity index (χ1v) is 7.74. The standard InChI is InChI=1S/C17H26N4/c1-3-11-21-12-10-19-17(21)13-16(20-18)9-8-15-6-4-14(2)5-7-15/h4-7,10,12,16,20H,3,8-9,11,13,18H2,1-2H3. The smallest absolute Gasteiger partial charge is 0.110 e. The molecule has 114 valence electrons. The van der Waals surface area contributed by atoms with E-state index in [2.05, 4.69) is 53.1 Å². The monoisotopic (exact) mass is 286 g/mol. The first-order valence-electron chi connectivity index (χ1n) is 7.74. The molecule has 0 aliphatic heterocycles. The van der Waals surface area contributed by atoms with Gasteiger partial charge in [-0.2, -0.15) is 0 Å². The Bertz CT molecular complexity index is 530. The summed E-state index contributed by atoms with van der Waals surface area (Å²) >= 11 is 0. The lowest BCUT2D eigenvalue weighted by Gasteiger charge is -2.16. The molecule has 2 rings (SSSR count). The maximum absolute atomic E-state index is 5.71. The third-order valence-electron chi connectivity index (χ3n) is 3.83. The number of aryl methyl sites for hydroxylation is 3. The summed E-state index contributed by atoms with van der Waals surface area (Å²) in [5.74, 6) is 6.83. The molecule has 1 aromatic carbocycles. The predicted octanol–water partition coefficient (Wildman–Crippen LogP) is 2.61. The zero-order chi connectivity index (χ0) is 15.1. The highest BCUT2D eigenvalue weighted by Crippen LogP contribution is 2.10. The molecule has 4 nitrogen and oxygen atoms in total. The molecule has 1 atom stereocenters. The van der Waals surface area contributed by atoms with Gasteiger partial charge >= 0.3 is 0 Å². The number of hydrogen-bond acceptors (Lipinski definition) is 3. The van der Waals surface area contributed by atoms with Gasteiger partial charge in [0, 0.05) is 31.4 Å². The number of hydrazine groups is 1. The van der Waals surface area contributed by atoms with Gasteiger partial charge in [-0.25, -0.2) is 4.98 Å². The third kappa shape index (κ3) is 4.69. The van der Waals surface area contributed by atoms with E-state index in [-0.39, 0.29) is 6.04 Å². The first-order chi connectivity index (χ1) is 10.2. The molecule has 0 saturated heterocycles. The molecular weight excluding hydrogens is 260 g/mol. The van der Waals surface area contributed by atoms with Crippen molar-refractivity contribution in [3.8, 4) is 0 Å². The number of imidazole rings is 1. The molecular formula is C17H26N4. The van der Waals surface area contributed by atoms with Crippen LogP contribution in [0.2, 0.25) is 0 Å². The minimum atomic E-state index is 0.254. The lowest BCUT2D eigenvalue weighted by Crippen LogP contribution is -2.37. The van der Waals surface area contributed by atoms with Gasteiger partial charge in [0.05, 0.1) is 0 Å². The number of benzene rings is 1. The number of nitrogens with zero attached hydrogens (tertiary/aromatic N) is 2. The first kappa shape index (κ1) is 15.7. The van der Waals surface area contributed by atoms with E-state index in [1.54, 1.807) is 0 Å². The summed E-state index contributed by atoms with van der Waals surface area (Å²) < 4.78 is 2.22. The van der Waals surface area contributed by atoms with Crippen LogP contribution in [0.15, 0.2) is 36.7 Å². The molecule has 2 aromatic rings. The van der Waals surface area contributed by atoms with Crippen molar-refractivity contribution in [2.45, 2.75) is 52.1 Å². The van der Waals surface area contributed by atoms with Gasteiger partial charge < -0.3 is 4.57 Å². The average molecular weight is 286 g/mol. The zero-order valence-corrected chi connectivity index (χ0v) is 13.0. The number of rotatable bonds is 8. The number of aromatic nitrogens is 2. The SMILES string of the molecule is CCCn1ccnc1CC(CCc1ccc(C)cc1)NN. The van der Waals surface area contributed by atoms with Crippen LogP contribution in [-0.4, -0.2) is 15.6 Å². The molecule has 0 bridgehead atoms. The molecule has 1 unspecified atom stereocenters. The summed E-state index contributed by atoms with van der Waals surface area (Å²) in [6, 6.07) is 8.97. The fraction of sp³-hybridized carbons (Fsp3) is 0.471. The predicted molar refractivity (Wildman–Crippen MR) is 86.8 cm³/mol. The molecule has 0 aliphatic carbocycles. The van der Waals surface area contributed by atoms with E-state index in [0.717, 1.165) is 38.1 Å². The van der Waals surface area contributed by atoms with E-state index in [4.69, 9.17) is 5.84 Å². The van der Waals surface area contributed by atoms with Crippen LogP contribution in [0.25, 0.3) is 0 Å². The highest BCUT2D eigenvalue weighted by molar-refractivity contribution is 5.21. The van der Waals surface area contributed by atoms with Gasteiger partial charge in [0.1, 0.15) is 5.82 Å². The van der Waals surface area contributed by atoms with Gasteiger partial charge in [-0.15, -0.1) is 0 Å². The van der Waals surface area contributed by atoms with Crippen LogP contribution >= 0.6 is 0 Å². The Hall–Kier alpha value is -1.65. The van der Waals surface area contributed by atoms with Crippen molar-refractivity contribution < 1.29 is 0 Å². The minimum Gasteiger partial charge on any atom is -0.335 e. The molecule has 4 heteroatoms. The lowest BCUT2D eigenvalue weighted by atomic mass is 10.0. The molecule has 21 heavy (non-hydrogen) atoms. The Balaban J connectivity index is 1.90. The third-order valence-corrected chi connectivity index (χ3v) is 3.83. The highest BCUT2D eigenvalue weighted by atomic mass is 15.2. The number of nitrogens with two attached hydrogens (primary N) is 1. The topological polar surface area (TPSA) is 55.9 Å². The molecule has 0 amide bonds. The maximum Gasteiger partial charge on any atom is 0.110 e. The van der Waals surface area contributed by atoms with E-state index in [1.807, 2.05) is 12.4 Å². The van der Waals surface area contributed by atoms with Crippen LogP contribution in [0.3, 0.4) is 0 Å². The van der Waals surface area contributed by atoms with E-state index in [0.29, 0.717) is 0 Å². The van der Waals surface area contributed by atoms with Crippen LogP contribution in [0, 0.1) is 6.92 Å². The van der Waals surface area contributed by atoms with Gasteiger partial charge in [0.2, 0.25) is 0 Å². The summed E-state index contributed by atoms with van der Waals surface area (Å²) in [4.78, 5) is 4.46. The van der Waals surface area contributed by atoms with Crippen molar-refractivity contribution in [1.29, 1.82) is 0 Å². The van der Waals surface area contributed by atoms with E-state index in [1.165, 1.54) is 11.1 Å². The highest BCUT2D eigenvalue weighted by Gasteiger charge is 2.12. The minimum absolute atomic E-state index is 0.254. The Kier molecular flexibility index (Phi) is 5.96. The molecule has 0 fully saturated rings. The van der Waals surface area contributed by atoms with Crippen LogP contribution in [0.4, 0.5) is 0 Å².